The van der Waals surface area contributed by atoms with Crippen molar-refractivity contribution >= 4 is 23.5 Å². The minimum atomic E-state index is -0.384. The zero-order valence-corrected chi connectivity index (χ0v) is 22.6. The van der Waals surface area contributed by atoms with Crippen LogP contribution in [0.3, 0.4) is 0 Å². The van der Waals surface area contributed by atoms with Gasteiger partial charge in [-0.25, -0.2) is 14.4 Å². The first-order valence-electron chi connectivity index (χ1n) is 13.0. The van der Waals surface area contributed by atoms with Gasteiger partial charge in [0, 0.05) is 32.7 Å². The molecule has 0 N–H and O–H groups in total. The molecule has 2 aromatic rings. The summed E-state index contributed by atoms with van der Waals surface area (Å²) in [5.41, 5.74) is 0.413. The number of nitrogens with zero attached hydrogens (tertiary/aromatic N) is 4. The Morgan fingerprint density at radius 2 is 1.92 bits per heavy atom. The molecule has 1 saturated carbocycles. The Labute approximate surface area is 219 Å². The first-order valence-corrected chi connectivity index (χ1v) is 13.3. The van der Waals surface area contributed by atoms with Crippen molar-refractivity contribution in [3.8, 4) is 5.75 Å². The molecule has 2 atom stereocenters. The van der Waals surface area contributed by atoms with Crippen molar-refractivity contribution in [2.24, 2.45) is 23.2 Å². The summed E-state index contributed by atoms with van der Waals surface area (Å²) in [6, 6.07) is 4.85. The van der Waals surface area contributed by atoms with E-state index in [4.69, 9.17) is 16.3 Å². The van der Waals surface area contributed by atoms with Crippen LogP contribution in [0.25, 0.3) is 0 Å². The maximum Gasteiger partial charge on any atom is 0.226 e. The fourth-order valence-electron chi connectivity index (χ4n) is 5.36. The molecule has 1 aromatic heterocycles. The third kappa shape index (κ3) is 7.31. The summed E-state index contributed by atoms with van der Waals surface area (Å²) < 4.78 is 20.5. The van der Waals surface area contributed by atoms with Gasteiger partial charge in [-0.15, -0.1) is 0 Å². The smallest absolute Gasteiger partial charge is 0.226 e. The van der Waals surface area contributed by atoms with Crippen molar-refractivity contribution in [3.05, 3.63) is 47.0 Å². The van der Waals surface area contributed by atoms with E-state index in [1.165, 1.54) is 12.5 Å². The van der Waals surface area contributed by atoms with Crippen LogP contribution in [-0.2, 0) is 11.2 Å². The number of carbonyl (C=O) groups is 1. The second kappa shape index (κ2) is 11.3. The average molecular weight is 517 g/mol. The Kier molecular flexibility index (Phi) is 8.38. The van der Waals surface area contributed by atoms with E-state index in [-0.39, 0.29) is 23.6 Å². The van der Waals surface area contributed by atoms with Crippen LogP contribution < -0.4 is 9.64 Å². The van der Waals surface area contributed by atoms with E-state index < -0.39 is 0 Å². The van der Waals surface area contributed by atoms with Crippen LogP contribution in [0.5, 0.6) is 5.75 Å². The Bertz CT molecular complexity index is 1030. The van der Waals surface area contributed by atoms with Gasteiger partial charge >= 0.3 is 0 Å². The number of hydrogen-bond acceptors (Lipinski definition) is 5. The lowest BCUT2D eigenvalue weighted by molar-refractivity contribution is -0.130. The van der Waals surface area contributed by atoms with Gasteiger partial charge in [0.1, 0.15) is 11.6 Å². The van der Waals surface area contributed by atoms with Crippen LogP contribution in [0.15, 0.2) is 30.6 Å². The molecule has 2 heterocycles. The lowest BCUT2D eigenvalue weighted by Crippen LogP contribution is -2.35. The van der Waals surface area contributed by atoms with Gasteiger partial charge in [-0.3, -0.25) is 4.79 Å². The number of piperidine rings is 1. The molecular formula is C28H38ClFN4O2. The molecule has 2 fully saturated rings. The molecule has 4 rings (SSSR count). The predicted octanol–water partition coefficient (Wildman–Crippen LogP) is 5.64. The molecule has 0 spiro atoms. The quantitative estimate of drug-likeness (QED) is 0.432. The topological polar surface area (TPSA) is 58.6 Å². The van der Waals surface area contributed by atoms with Crippen molar-refractivity contribution in [3.63, 3.8) is 0 Å². The van der Waals surface area contributed by atoms with E-state index >= 15 is 0 Å². The summed E-state index contributed by atoms with van der Waals surface area (Å²) in [5.74, 6) is 3.02. The van der Waals surface area contributed by atoms with E-state index in [0.29, 0.717) is 35.4 Å². The highest BCUT2D eigenvalue weighted by molar-refractivity contribution is 6.30. The lowest BCUT2D eigenvalue weighted by atomic mass is 9.90. The summed E-state index contributed by atoms with van der Waals surface area (Å²) >= 11 is 5.89. The number of halogens is 2. The molecule has 0 bridgehead atoms. The molecule has 1 aliphatic heterocycles. The summed E-state index contributed by atoms with van der Waals surface area (Å²) in [6.07, 6.45) is 7.92. The van der Waals surface area contributed by atoms with Crippen LogP contribution in [0.4, 0.5) is 10.3 Å². The highest BCUT2D eigenvalue weighted by atomic mass is 35.5. The summed E-state index contributed by atoms with van der Waals surface area (Å²) in [7, 11) is 1.77. The summed E-state index contributed by atoms with van der Waals surface area (Å²) in [5, 5.41) is 0.560. The molecule has 1 aromatic carbocycles. The van der Waals surface area contributed by atoms with Crippen LogP contribution in [0.1, 0.15) is 52.0 Å². The normalized spacial score (nSPS) is 20.3. The molecule has 196 valence electrons. The second-order valence-corrected chi connectivity index (χ2v) is 12.0. The summed E-state index contributed by atoms with van der Waals surface area (Å²) in [4.78, 5) is 25.0. The SMILES string of the molecule is CN(CC(C)(C)C)C(=O)Cc1ccc(OCC[C@@H]2C[C@@H]2C2CCN(c3ncc(Cl)cn3)CC2)cc1F. The maximum atomic E-state index is 14.6. The Balaban J connectivity index is 1.17. The minimum Gasteiger partial charge on any atom is -0.493 e. The van der Waals surface area contributed by atoms with Gasteiger partial charge in [-0.2, -0.15) is 0 Å². The monoisotopic (exact) mass is 516 g/mol. The fraction of sp³-hybridized carbons (Fsp3) is 0.607. The Morgan fingerprint density at radius 3 is 2.56 bits per heavy atom. The zero-order chi connectivity index (χ0) is 25.9. The molecule has 0 unspecified atom stereocenters. The number of rotatable bonds is 9. The van der Waals surface area contributed by atoms with Crippen LogP contribution >= 0.6 is 11.6 Å². The molecule has 0 radical (unpaired) electrons. The van der Waals surface area contributed by atoms with Gasteiger partial charge in [0.25, 0.3) is 0 Å². The Hall–Kier alpha value is -2.41. The van der Waals surface area contributed by atoms with E-state index in [9.17, 15) is 9.18 Å². The van der Waals surface area contributed by atoms with Crippen LogP contribution in [0.2, 0.25) is 5.02 Å². The Morgan fingerprint density at radius 1 is 1.22 bits per heavy atom. The van der Waals surface area contributed by atoms with E-state index in [0.717, 1.165) is 50.1 Å². The molecular weight excluding hydrogens is 479 g/mol. The highest BCUT2D eigenvalue weighted by Crippen LogP contribution is 2.49. The third-order valence-corrected chi connectivity index (χ3v) is 7.47. The molecule has 6 nitrogen and oxygen atoms in total. The molecule has 1 saturated heterocycles. The molecule has 36 heavy (non-hydrogen) atoms. The van der Waals surface area contributed by atoms with Gasteiger partial charge in [0.15, 0.2) is 0 Å². The largest absolute Gasteiger partial charge is 0.493 e. The van der Waals surface area contributed by atoms with Gasteiger partial charge in [-0.05, 0) is 60.5 Å². The van der Waals surface area contributed by atoms with Gasteiger partial charge in [-0.1, -0.05) is 38.4 Å². The fourth-order valence-corrected chi connectivity index (χ4v) is 5.46. The molecule has 1 aliphatic carbocycles. The standard InChI is InChI=1S/C28H38ClFN4O2/c1-28(2,3)18-33(4)26(35)14-21-5-6-23(15-25(21)30)36-12-9-20-13-24(20)19-7-10-34(11-8-19)27-31-16-22(29)17-32-27/h5-6,15-17,19-20,24H,7-14,18H2,1-4H3/t20-,24-/m1/s1. The first kappa shape index (κ1) is 26.6. The van der Waals surface area contributed by atoms with Crippen LogP contribution in [-0.4, -0.2) is 54.1 Å². The number of anilines is 1. The number of aromatic nitrogens is 2. The summed E-state index contributed by atoms with van der Waals surface area (Å²) in [6.45, 7) is 9.41. The number of benzene rings is 1. The molecule has 1 amide bonds. The molecule has 8 heteroatoms. The first-order chi connectivity index (χ1) is 17.1. The van der Waals surface area contributed by atoms with Gasteiger partial charge in [0.05, 0.1) is 30.4 Å². The van der Waals surface area contributed by atoms with Crippen molar-refractivity contribution in [2.75, 3.05) is 38.2 Å². The van der Waals surface area contributed by atoms with Crippen molar-refractivity contribution < 1.29 is 13.9 Å². The average Bonchev–Trinajstić information content (AvgIpc) is 3.60. The van der Waals surface area contributed by atoms with Crippen molar-refractivity contribution in [2.45, 2.75) is 52.9 Å². The molecule has 2 aliphatic rings. The lowest BCUT2D eigenvalue weighted by Gasteiger charge is -2.32. The zero-order valence-electron chi connectivity index (χ0n) is 21.8. The second-order valence-electron chi connectivity index (χ2n) is 11.6. The van der Waals surface area contributed by atoms with Crippen molar-refractivity contribution in [1.29, 1.82) is 0 Å². The number of carbonyl (C=O) groups excluding carboxylic acids is 1. The number of ether oxygens (including phenoxy) is 1. The van der Waals surface area contributed by atoms with Crippen molar-refractivity contribution in [1.82, 2.24) is 14.9 Å². The third-order valence-electron chi connectivity index (χ3n) is 7.27. The van der Waals surface area contributed by atoms with E-state index in [2.05, 4.69) is 35.6 Å². The van der Waals surface area contributed by atoms with E-state index in [1.807, 2.05) is 0 Å². The highest BCUT2D eigenvalue weighted by Gasteiger charge is 2.43. The minimum absolute atomic E-state index is 0.00488. The van der Waals surface area contributed by atoms with E-state index in [1.54, 1.807) is 36.5 Å². The van der Waals surface area contributed by atoms with Crippen LogP contribution in [0, 0.1) is 29.0 Å². The van der Waals surface area contributed by atoms with Gasteiger partial charge < -0.3 is 14.5 Å². The van der Waals surface area contributed by atoms with Gasteiger partial charge in [0.2, 0.25) is 11.9 Å². The predicted molar refractivity (Wildman–Crippen MR) is 141 cm³/mol. The number of likely N-dealkylation sites (N-methyl/N-ethyl adjacent to an activating group) is 1. The maximum absolute atomic E-state index is 14.6. The number of amides is 1. The number of hydrogen-bond donors (Lipinski definition) is 0.